The lowest BCUT2D eigenvalue weighted by Gasteiger charge is -2.54. The third kappa shape index (κ3) is 16.4. The van der Waals surface area contributed by atoms with Crippen LogP contribution >= 0.6 is 23.2 Å². The Labute approximate surface area is 621 Å². The molecule has 32 nitrogen and oxygen atoms in total. The number of nitrogens with one attached hydrogen (secondary N) is 8. The average molecular weight is 1530 g/mol. The van der Waals surface area contributed by atoms with Crippen LogP contribution in [0.2, 0.25) is 10.0 Å². The zero-order chi connectivity index (χ0) is 77.1. The molecular weight excluding hydrogens is 1440 g/mol. The fraction of sp³-hybridized carbons (Fsp3) is 0.466. The standard InChI is InChI=1S/C73H83Cl2N9O23/c1-27(2)12-41(78-72(102)107-73(3,4)5)64(95)83-56-58(90)31-7-10-45(39(74)19-31)103-47-21-35-22-48(63(47)106-71-62(94)61(93)60(92)49(26-85)105-71)104-46-11-8-32(20-40(46)75)59(91)57-70(101)82-55(68(99)79-52-33-14-28-13-29(16-33)17-34(52)15-28)38-23-36(86)24-44(88)51(38)37-18-30(6-9-43(37)87)53(66(97)84-57)81-67(98)54(35)80-65(96)42(25-50(76)89)77-69(56)100/h6-11,18-24,27-29,33-34,41-42,49,52-62,71,85-88,90-94H,12-17,25-26H2,1-5H3,(H2,76,89)(H,77,100)(H,78,102)(H,79,99)(H,80,96)(H,81,98)(H,82,101)(H,83,95)(H,84,97)/t28?,29?,33?,34?,41-,42+,49?,52?,53-,54-,55?,56-,57-,58-,59-,60?,61?,62?,71?/m1/s1. The summed E-state index contributed by atoms with van der Waals surface area (Å²) in [6.07, 6.45) is -12.0. The Bertz CT molecular complexity index is 4340. The van der Waals surface area contributed by atoms with Gasteiger partial charge in [0.1, 0.15) is 113 Å². The van der Waals surface area contributed by atoms with Gasteiger partial charge in [-0.15, -0.1) is 0 Å². The molecule has 19 N–H and O–H groups in total. The van der Waals surface area contributed by atoms with Crippen molar-refractivity contribution in [1.29, 1.82) is 0 Å². The Morgan fingerprint density at radius 2 is 1.22 bits per heavy atom. The second-order valence-electron chi connectivity index (χ2n) is 29.7. The van der Waals surface area contributed by atoms with Gasteiger partial charge in [0.15, 0.2) is 11.5 Å². The number of primary amides is 1. The first-order chi connectivity index (χ1) is 50.6. The van der Waals surface area contributed by atoms with E-state index in [0.29, 0.717) is 11.8 Å². The maximum Gasteiger partial charge on any atom is 0.408 e. The Morgan fingerprint density at radius 3 is 1.81 bits per heavy atom. The molecular formula is C73H83Cl2N9O23. The van der Waals surface area contributed by atoms with E-state index < -0.39 is 207 Å². The van der Waals surface area contributed by atoms with E-state index in [2.05, 4.69) is 42.5 Å². The number of hydrogen-bond donors (Lipinski definition) is 18. The van der Waals surface area contributed by atoms with Crippen molar-refractivity contribution in [2.45, 2.75) is 176 Å². The molecule has 15 bridgehead atoms. The normalized spacial score (nSPS) is 29.3. The predicted octanol–water partition coefficient (Wildman–Crippen LogP) is 3.03. The number of amides is 9. The predicted molar refractivity (Wildman–Crippen MR) is 375 cm³/mol. The highest BCUT2D eigenvalue weighted by atomic mass is 35.5. The SMILES string of the molecule is CC(C)C[C@@H](NC(=O)OC(C)(C)C)C(=O)N[C@H]1C(=O)N[C@@H](CC(N)=O)C(=O)N[C@H]2C(=O)N[C@H]3C(=O)N[C@@H](C(=O)NC(C(=O)NC4C5CC6CC(C5)CC4C6)c4cc(O)cc(O)c4-c4cc3ccc4O)[C@H](O)c3ccc(c(Cl)c3)Oc3cc2cc(c3OC2OC(CO)C(O)C(O)C2O)Oc2ccc(cc2Cl)[C@H]1O. The molecule has 1 saturated heterocycles. The first-order valence-electron chi connectivity index (χ1n) is 34.9. The van der Waals surface area contributed by atoms with Crippen molar-refractivity contribution in [1.82, 2.24) is 42.5 Å². The van der Waals surface area contributed by atoms with Crippen LogP contribution in [0.15, 0.2) is 78.9 Å². The van der Waals surface area contributed by atoms with E-state index in [1.54, 1.807) is 34.6 Å². The molecule has 572 valence electrons. The molecule has 0 aromatic heterocycles. The minimum absolute atomic E-state index is 0.0725. The minimum Gasteiger partial charge on any atom is -0.508 e. The van der Waals surface area contributed by atoms with E-state index in [1.807, 2.05) is 0 Å². The first kappa shape index (κ1) is 76.9. The van der Waals surface area contributed by atoms with Crippen LogP contribution in [0, 0.1) is 29.6 Å². The van der Waals surface area contributed by atoms with Crippen molar-refractivity contribution in [2.24, 2.45) is 35.3 Å². The highest BCUT2D eigenvalue weighted by Crippen LogP contribution is 2.55. The van der Waals surface area contributed by atoms with Crippen LogP contribution in [0.25, 0.3) is 11.1 Å². The maximum atomic E-state index is 16.1. The van der Waals surface area contributed by atoms with Crippen molar-refractivity contribution < 1.29 is 113 Å². The van der Waals surface area contributed by atoms with Crippen LogP contribution in [0.5, 0.6) is 46.0 Å². The van der Waals surface area contributed by atoms with Gasteiger partial charge >= 0.3 is 6.09 Å². The van der Waals surface area contributed by atoms with E-state index in [1.165, 1.54) is 12.1 Å². The molecule has 4 saturated carbocycles. The summed E-state index contributed by atoms with van der Waals surface area (Å²) in [5, 5.41) is 124. The van der Waals surface area contributed by atoms with E-state index in [9.17, 15) is 60.3 Å². The van der Waals surface area contributed by atoms with E-state index >= 15 is 28.8 Å². The topological polar surface area (TPSA) is 504 Å². The Balaban J connectivity index is 1.04. The van der Waals surface area contributed by atoms with Gasteiger partial charge in [-0.05, 0) is 171 Å². The number of ether oxygens (including phenoxy) is 5. The Hall–Kier alpha value is -9.77. The molecule has 5 aromatic rings. The molecule has 107 heavy (non-hydrogen) atoms. The van der Waals surface area contributed by atoms with Gasteiger partial charge in [-0.3, -0.25) is 38.4 Å². The summed E-state index contributed by atoms with van der Waals surface area (Å²) in [4.78, 5) is 134. The highest BCUT2D eigenvalue weighted by molar-refractivity contribution is 6.32. The lowest BCUT2D eigenvalue weighted by Crippen LogP contribution is -2.60. The van der Waals surface area contributed by atoms with Crippen molar-refractivity contribution in [2.75, 3.05) is 6.61 Å². The molecule has 14 atom stereocenters. The van der Waals surface area contributed by atoms with Crippen LogP contribution in [0.4, 0.5) is 4.79 Å². The second kappa shape index (κ2) is 30.8. The number of hydrogen-bond acceptors (Lipinski definition) is 23. The monoisotopic (exact) mass is 1520 g/mol. The third-order valence-electron chi connectivity index (χ3n) is 20.3. The van der Waals surface area contributed by atoms with Gasteiger partial charge in [0.05, 0.1) is 23.1 Å². The zero-order valence-electron chi connectivity index (χ0n) is 58.3. The molecule has 15 rings (SSSR count). The number of phenolic OH excluding ortho intramolecular Hbond substituents is 3. The number of aliphatic hydroxyl groups excluding tert-OH is 6. The Kier molecular flexibility index (Phi) is 22.2. The summed E-state index contributed by atoms with van der Waals surface area (Å²) in [5.74, 6) is -13.9. The van der Waals surface area contributed by atoms with Gasteiger partial charge in [0.2, 0.25) is 59.3 Å². The van der Waals surface area contributed by atoms with Crippen LogP contribution in [0.1, 0.15) is 138 Å². The van der Waals surface area contributed by atoms with E-state index in [4.69, 9.17) is 52.6 Å². The summed E-state index contributed by atoms with van der Waals surface area (Å²) in [7, 11) is 0. The van der Waals surface area contributed by atoms with Gasteiger partial charge in [-0.25, -0.2) is 4.79 Å². The molecule has 5 fully saturated rings. The molecule has 0 radical (unpaired) electrons. The quantitative estimate of drug-likeness (QED) is 0.0853. The Morgan fingerprint density at radius 1 is 0.636 bits per heavy atom. The number of phenols is 3. The number of carbonyl (C=O) groups is 9. The van der Waals surface area contributed by atoms with Gasteiger partial charge in [0.25, 0.3) is 0 Å². The number of fused-ring (bicyclic) bond motifs is 15. The number of carbonyl (C=O) groups excluding carboxylic acids is 9. The fourth-order valence-corrected chi connectivity index (χ4v) is 15.9. The molecule has 6 aliphatic heterocycles. The first-order valence-corrected chi connectivity index (χ1v) is 35.6. The van der Waals surface area contributed by atoms with Crippen molar-refractivity contribution >= 4 is 76.6 Å². The van der Waals surface area contributed by atoms with E-state index in [0.717, 1.165) is 98.8 Å². The third-order valence-corrected chi connectivity index (χ3v) is 20.9. The number of rotatable bonds is 12. The molecule has 0 spiro atoms. The number of aliphatic hydroxyl groups is 6. The second-order valence-corrected chi connectivity index (χ2v) is 30.5. The van der Waals surface area contributed by atoms with Crippen LogP contribution in [0.3, 0.4) is 0 Å². The summed E-state index contributed by atoms with van der Waals surface area (Å²) in [6.45, 7) is 7.21. The minimum atomic E-state index is -2.34. The van der Waals surface area contributed by atoms with Crippen LogP contribution < -0.4 is 62.5 Å². The molecule has 6 unspecified atom stereocenters. The van der Waals surface area contributed by atoms with Crippen molar-refractivity contribution in [3.63, 3.8) is 0 Å². The molecule has 6 heterocycles. The van der Waals surface area contributed by atoms with Gasteiger partial charge < -0.3 is 118 Å². The number of aromatic hydroxyl groups is 3. The molecule has 4 aliphatic carbocycles. The number of benzene rings is 5. The zero-order valence-corrected chi connectivity index (χ0v) is 59.8. The largest absolute Gasteiger partial charge is 0.508 e. The van der Waals surface area contributed by atoms with E-state index in [-0.39, 0.29) is 75.1 Å². The number of alkyl carbamates (subject to hydrolysis) is 1. The van der Waals surface area contributed by atoms with Crippen molar-refractivity contribution in [3.8, 4) is 57.1 Å². The summed E-state index contributed by atoms with van der Waals surface area (Å²) in [6, 6.07) is -0.575. The average Bonchev–Trinajstić information content (AvgIpc) is 0.756. The summed E-state index contributed by atoms with van der Waals surface area (Å²) in [5.41, 5.74) is 2.52. The maximum absolute atomic E-state index is 16.1. The van der Waals surface area contributed by atoms with Crippen molar-refractivity contribution in [3.05, 3.63) is 117 Å². The van der Waals surface area contributed by atoms with Gasteiger partial charge in [-0.2, -0.15) is 0 Å². The lowest BCUT2D eigenvalue weighted by atomic mass is 9.54. The van der Waals surface area contributed by atoms with Crippen LogP contribution in [-0.4, -0.2) is 172 Å². The molecule has 5 aromatic carbocycles. The lowest BCUT2D eigenvalue weighted by molar-refractivity contribution is -0.277. The number of nitrogens with two attached hydrogens (primary N) is 1. The molecule has 34 heteroatoms. The highest BCUT2D eigenvalue weighted by Gasteiger charge is 2.51. The molecule has 10 aliphatic rings. The van der Waals surface area contributed by atoms with Crippen LogP contribution in [-0.2, 0) is 47.8 Å². The molecule has 9 amide bonds. The number of halogens is 2. The van der Waals surface area contributed by atoms with Gasteiger partial charge in [0, 0.05) is 23.2 Å². The fourth-order valence-electron chi connectivity index (χ4n) is 15.5. The van der Waals surface area contributed by atoms with Gasteiger partial charge in [-0.1, -0.05) is 55.2 Å². The summed E-state index contributed by atoms with van der Waals surface area (Å²) >= 11 is 14.1. The smallest absolute Gasteiger partial charge is 0.408 e. The summed E-state index contributed by atoms with van der Waals surface area (Å²) < 4.78 is 30.6.